The maximum absolute atomic E-state index is 10.7. The Morgan fingerprint density at radius 1 is 1.40 bits per heavy atom. The van der Waals surface area contributed by atoms with E-state index in [-0.39, 0.29) is 12.3 Å². The van der Waals surface area contributed by atoms with Crippen molar-refractivity contribution < 1.29 is 10.0 Å². The summed E-state index contributed by atoms with van der Waals surface area (Å²) in [6.45, 7) is 1.50. The van der Waals surface area contributed by atoms with Gasteiger partial charge in [-0.25, -0.2) is 0 Å². The summed E-state index contributed by atoms with van der Waals surface area (Å²) < 4.78 is 0.757. The van der Waals surface area contributed by atoms with Crippen molar-refractivity contribution in [1.82, 2.24) is 4.90 Å². The molecule has 1 saturated carbocycles. The Hall–Kier alpha value is -0.980. The van der Waals surface area contributed by atoms with Gasteiger partial charge in [-0.3, -0.25) is 15.0 Å². The highest BCUT2D eigenvalue weighted by molar-refractivity contribution is 9.10. The maximum atomic E-state index is 10.7. The summed E-state index contributed by atoms with van der Waals surface area (Å²) >= 11 is 3.41. The average Bonchev–Trinajstić information content (AvgIpc) is 2.94. The molecule has 1 fully saturated rings. The first-order chi connectivity index (χ1) is 9.61. The summed E-state index contributed by atoms with van der Waals surface area (Å²) in [5, 5.41) is 20.0. The first-order valence-electron chi connectivity index (χ1n) is 6.89. The third-order valence-electron chi connectivity index (χ3n) is 3.85. The Morgan fingerprint density at radius 2 is 2.10 bits per heavy atom. The SMILES string of the molecule is O=[N+]([O-])c1ccc(CN(CCO)C2CCCC2)c(Br)c1. The van der Waals surface area contributed by atoms with Gasteiger partial charge < -0.3 is 5.11 Å². The van der Waals surface area contributed by atoms with E-state index >= 15 is 0 Å². The smallest absolute Gasteiger partial charge is 0.270 e. The molecule has 0 aliphatic heterocycles. The molecule has 0 amide bonds. The summed E-state index contributed by atoms with van der Waals surface area (Å²) in [4.78, 5) is 12.6. The molecule has 2 rings (SSSR count). The number of nitrogens with zero attached hydrogens (tertiary/aromatic N) is 2. The number of nitro groups is 1. The van der Waals surface area contributed by atoms with Crippen molar-refractivity contribution in [3.05, 3.63) is 38.3 Å². The number of rotatable bonds is 6. The molecule has 0 atom stereocenters. The summed E-state index contributed by atoms with van der Waals surface area (Å²) in [7, 11) is 0. The van der Waals surface area contributed by atoms with Crippen molar-refractivity contribution in [2.75, 3.05) is 13.2 Å². The van der Waals surface area contributed by atoms with Crippen molar-refractivity contribution in [3.63, 3.8) is 0 Å². The quantitative estimate of drug-likeness (QED) is 0.637. The highest BCUT2D eigenvalue weighted by Crippen LogP contribution is 2.28. The zero-order chi connectivity index (χ0) is 14.5. The Kier molecular flexibility index (Phi) is 5.51. The minimum atomic E-state index is -0.392. The first kappa shape index (κ1) is 15.4. The normalized spacial score (nSPS) is 15.9. The van der Waals surface area contributed by atoms with E-state index in [1.165, 1.54) is 31.7 Å². The van der Waals surface area contributed by atoms with Crippen LogP contribution >= 0.6 is 15.9 Å². The molecular weight excluding hydrogens is 324 g/mol. The van der Waals surface area contributed by atoms with E-state index in [9.17, 15) is 15.2 Å². The molecule has 1 aromatic carbocycles. The largest absolute Gasteiger partial charge is 0.395 e. The van der Waals surface area contributed by atoms with Gasteiger partial charge in [-0.05, 0) is 24.5 Å². The van der Waals surface area contributed by atoms with Crippen molar-refractivity contribution in [2.45, 2.75) is 38.3 Å². The van der Waals surface area contributed by atoms with E-state index in [1.807, 2.05) is 0 Å². The molecule has 1 aliphatic rings. The van der Waals surface area contributed by atoms with Crippen LogP contribution < -0.4 is 0 Å². The monoisotopic (exact) mass is 342 g/mol. The van der Waals surface area contributed by atoms with E-state index in [1.54, 1.807) is 12.1 Å². The third kappa shape index (κ3) is 3.77. The standard InChI is InChI=1S/C14H19BrN2O3/c15-14-9-13(17(19)20)6-5-11(14)10-16(7-8-18)12-3-1-2-4-12/h5-6,9,12,18H,1-4,7-8,10H2. The summed E-state index contributed by atoms with van der Waals surface area (Å²) in [6, 6.07) is 5.39. The fourth-order valence-electron chi connectivity index (χ4n) is 2.79. The van der Waals surface area contributed by atoms with Crippen LogP contribution in [-0.4, -0.2) is 34.1 Å². The van der Waals surface area contributed by atoms with Crippen molar-refractivity contribution in [3.8, 4) is 0 Å². The first-order valence-corrected chi connectivity index (χ1v) is 7.69. The highest BCUT2D eigenvalue weighted by atomic mass is 79.9. The molecule has 1 aromatic rings. The summed E-state index contributed by atoms with van der Waals surface area (Å²) in [5.74, 6) is 0. The molecule has 0 radical (unpaired) electrons. The van der Waals surface area contributed by atoms with Gasteiger partial charge in [0.05, 0.1) is 11.5 Å². The minimum Gasteiger partial charge on any atom is -0.395 e. The second-order valence-electron chi connectivity index (χ2n) is 5.17. The lowest BCUT2D eigenvalue weighted by molar-refractivity contribution is -0.384. The molecule has 110 valence electrons. The van der Waals surface area contributed by atoms with Crippen molar-refractivity contribution >= 4 is 21.6 Å². The topological polar surface area (TPSA) is 66.6 Å². The van der Waals surface area contributed by atoms with Gasteiger partial charge in [-0.15, -0.1) is 0 Å². The van der Waals surface area contributed by atoms with E-state index in [4.69, 9.17) is 0 Å². The van der Waals surface area contributed by atoms with Gasteiger partial charge in [-0.2, -0.15) is 0 Å². The Balaban J connectivity index is 2.11. The lowest BCUT2D eigenvalue weighted by Crippen LogP contribution is -2.35. The van der Waals surface area contributed by atoms with Gasteiger partial charge in [0, 0.05) is 35.7 Å². The number of aliphatic hydroxyl groups excluding tert-OH is 1. The van der Waals surface area contributed by atoms with Gasteiger partial charge in [0.15, 0.2) is 0 Å². The zero-order valence-corrected chi connectivity index (χ0v) is 12.9. The van der Waals surface area contributed by atoms with E-state index in [0.29, 0.717) is 19.1 Å². The van der Waals surface area contributed by atoms with Crippen molar-refractivity contribution in [1.29, 1.82) is 0 Å². The molecule has 0 heterocycles. The predicted octanol–water partition coefficient (Wildman–Crippen LogP) is 3.09. The third-order valence-corrected chi connectivity index (χ3v) is 4.59. The number of non-ortho nitro benzene ring substituents is 1. The van der Waals surface area contributed by atoms with Crippen LogP contribution in [0, 0.1) is 10.1 Å². The summed E-state index contributed by atoms with van der Waals surface area (Å²) in [6.07, 6.45) is 4.83. The zero-order valence-electron chi connectivity index (χ0n) is 11.3. The lowest BCUT2D eigenvalue weighted by Gasteiger charge is -2.28. The minimum absolute atomic E-state index is 0.0928. The van der Waals surface area contributed by atoms with Crippen molar-refractivity contribution in [2.24, 2.45) is 0 Å². The van der Waals surface area contributed by atoms with Crippen LogP contribution in [0.3, 0.4) is 0 Å². The van der Waals surface area contributed by atoms with E-state index in [0.717, 1.165) is 10.0 Å². The maximum Gasteiger partial charge on any atom is 0.270 e. The number of nitro benzene ring substituents is 1. The molecule has 1 aliphatic carbocycles. The Morgan fingerprint density at radius 3 is 2.65 bits per heavy atom. The highest BCUT2D eigenvalue weighted by Gasteiger charge is 2.23. The van der Waals surface area contributed by atoms with Gasteiger partial charge in [-0.1, -0.05) is 28.8 Å². The average molecular weight is 343 g/mol. The molecule has 0 unspecified atom stereocenters. The van der Waals surface area contributed by atoms with Crippen LogP contribution in [0.25, 0.3) is 0 Å². The number of hydrogen-bond acceptors (Lipinski definition) is 4. The van der Waals surface area contributed by atoms with Crippen LogP contribution in [0.4, 0.5) is 5.69 Å². The molecule has 0 bridgehead atoms. The number of aliphatic hydroxyl groups is 1. The molecule has 5 nitrogen and oxygen atoms in total. The van der Waals surface area contributed by atoms with Gasteiger partial charge in [0.1, 0.15) is 0 Å². The number of halogens is 1. The van der Waals surface area contributed by atoms with Gasteiger partial charge >= 0.3 is 0 Å². The van der Waals surface area contributed by atoms with Crippen LogP contribution in [0.5, 0.6) is 0 Å². The van der Waals surface area contributed by atoms with Crippen LogP contribution in [0.15, 0.2) is 22.7 Å². The van der Waals surface area contributed by atoms with Crippen LogP contribution in [0.1, 0.15) is 31.2 Å². The molecule has 6 heteroatoms. The second-order valence-corrected chi connectivity index (χ2v) is 6.02. The Bertz CT molecular complexity index is 475. The fraction of sp³-hybridized carbons (Fsp3) is 0.571. The molecule has 0 aromatic heterocycles. The molecule has 1 N–H and O–H groups in total. The molecule has 0 saturated heterocycles. The summed E-state index contributed by atoms with van der Waals surface area (Å²) in [5.41, 5.74) is 1.12. The molecule has 0 spiro atoms. The Labute approximate surface area is 126 Å². The van der Waals surface area contributed by atoms with Crippen LogP contribution in [0.2, 0.25) is 0 Å². The molecule has 20 heavy (non-hydrogen) atoms. The van der Waals surface area contributed by atoms with E-state index < -0.39 is 4.92 Å². The van der Waals surface area contributed by atoms with E-state index in [2.05, 4.69) is 20.8 Å². The second kappa shape index (κ2) is 7.15. The molecular formula is C14H19BrN2O3. The van der Waals surface area contributed by atoms with Crippen LogP contribution in [-0.2, 0) is 6.54 Å². The number of hydrogen-bond donors (Lipinski definition) is 1. The predicted molar refractivity (Wildman–Crippen MR) is 80.5 cm³/mol. The lowest BCUT2D eigenvalue weighted by atomic mass is 10.1. The van der Waals surface area contributed by atoms with Gasteiger partial charge in [0.25, 0.3) is 5.69 Å². The fourth-order valence-corrected chi connectivity index (χ4v) is 3.28. The number of benzene rings is 1. The van der Waals surface area contributed by atoms with Gasteiger partial charge in [0.2, 0.25) is 0 Å².